The van der Waals surface area contributed by atoms with E-state index in [2.05, 4.69) is 0 Å². The molecule has 0 aromatic heterocycles. The summed E-state index contributed by atoms with van der Waals surface area (Å²) in [6.07, 6.45) is 1.08. The van der Waals surface area contributed by atoms with Crippen LogP contribution in [0.4, 0.5) is 9.18 Å². The molecule has 30 heavy (non-hydrogen) atoms. The average Bonchev–Trinajstić information content (AvgIpc) is 3.08. The molecule has 2 atom stereocenters. The van der Waals surface area contributed by atoms with Gasteiger partial charge in [0, 0.05) is 0 Å². The minimum atomic E-state index is -1.17. The number of rotatable bonds is 6. The standard InChI is InChI=1S/C24H28FNO4/c1-23(2,3)30-22(28)26-21(19-10-7-11-20(25)14-19)12-13-24(26,16-27)17-29-15-18-8-5-4-6-9-18/h4-11,14,16,21H,12-13,15,17H2,1-3H3/t21-,24+/m0/s1. The van der Waals surface area contributed by atoms with Crippen LogP contribution in [0.25, 0.3) is 0 Å². The van der Waals surface area contributed by atoms with Gasteiger partial charge < -0.3 is 14.3 Å². The lowest BCUT2D eigenvalue weighted by Gasteiger charge is -2.38. The highest BCUT2D eigenvalue weighted by atomic mass is 19.1. The maximum Gasteiger partial charge on any atom is 0.411 e. The molecule has 1 fully saturated rings. The van der Waals surface area contributed by atoms with E-state index in [1.54, 1.807) is 32.9 Å². The number of carbonyl (C=O) groups is 2. The van der Waals surface area contributed by atoms with Crippen LogP contribution in [0, 0.1) is 5.82 Å². The van der Waals surface area contributed by atoms with Crippen molar-refractivity contribution in [1.82, 2.24) is 4.90 Å². The maximum absolute atomic E-state index is 13.9. The summed E-state index contributed by atoms with van der Waals surface area (Å²) in [7, 11) is 0. The van der Waals surface area contributed by atoms with Gasteiger partial charge in [-0.05, 0) is 56.9 Å². The van der Waals surface area contributed by atoms with E-state index in [1.807, 2.05) is 30.3 Å². The number of ether oxygens (including phenoxy) is 2. The van der Waals surface area contributed by atoms with Gasteiger partial charge >= 0.3 is 6.09 Å². The molecule has 160 valence electrons. The van der Waals surface area contributed by atoms with Gasteiger partial charge in [0.05, 0.1) is 19.3 Å². The molecule has 1 aliphatic rings. The van der Waals surface area contributed by atoms with Crippen molar-refractivity contribution in [2.45, 2.75) is 57.4 Å². The van der Waals surface area contributed by atoms with Crippen LogP contribution in [0.1, 0.15) is 50.8 Å². The minimum absolute atomic E-state index is 0.0381. The van der Waals surface area contributed by atoms with Gasteiger partial charge in [0.1, 0.15) is 23.2 Å². The van der Waals surface area contributed by atoms with Crippen LogP contribution in [0.5, 0.6) is 0 Å². The first kappa shape index (κ1) is 22.0. The van der Waals surface area contributed by atoms with Gasteiger partial charge in [0.15, 0.2) is 0 Å². The summed E-state index contributed by atoms with van der Waals surface area (Å²) in [5, 5.41) is 0. The fourth-order valence-electron chi connectivity index (χ4n) is 3.81. The number of carbonyl (C=O) groups excluding carboxylic acids is 2. The van der Waals surface area contributed by atoms with Crippen molar-refractivity contribution in [3.05, 3.63) is 71.5 Å². The van der Waals surface area contributed by atoms with E-state index in [0.29, 0.717) is 25.0 Å². The molecule has 5 nitrogen and oxygen atoms in total. The molecule has 1 saturated heterocycles. The van der Waals surface area contributed by atoms with Crippen LogP contribution < -0.4 is 0 Å². The summed E-state index contributed by atoms with van der Waals surface area (Å²) in [6.45, 7) is 5.67. The van der Waals surface area contributed by atoms with Crippen LogP contribution in [-0.4, -0.2) is 35.0 Å². The number of hydrogen-bond acceptors (Lipinski definition) is 4. The fourth-order valence-corrected chi connectivity index (χ4v) is 3.81. The van der Waals surface area contributed by atoms with Crippen LogP contribution in [0.3, 0.4) is 0 Å². The lowest BCUT2D eigenvalue weighted by molar-refractivity contribution is -0.122. The fraction of sp³-hybridized carbons (Fsp3) is 0.417. The number of hydrogen-bond donors (Lipinski definition) is 0. The van der Waals surface area contributed by atoms with Crippen LogP contribution >= 0.6 is 0 Å². The molecule has 0 N–H and O–H groups in total. The molecule has 0 unspecified atom stereocenters. The molecule has 0 spiro atoms. The Morgan fingerprint density at radius 2 is 1.93 bits per heavy atom. The van der Waals surface area contributed by atoms with Crippen LogP contribution in [0.15, 0.2) is 54.6 Å². The molecule has 1 aliphatic heterocycles. The van der Waals surface area contributed by atoms with Crippen molar-refractivity contribution in [2.75, 3.05) is 6.61 Å². The number of amides is 1. The van der Waals surface area contributed by atoms with E-state index >= 15 is 0 Å². The van der Waals surface area contributed by atoms with Gasteiger partial charge in [-0.25, -0.2) is 9.18 Å². The number of halogens is 1. The van der Waals surface area contributed by atoms with E-state index in [-0.39, 0.29) is 12.4 Å². The Kier molecular flexibility index (Phi) is 6.56. The van der Waals surface area contributed by atoms with Gasteiger partial charge in [-0.2, -0.15) is 0 Å². The highest BCUT2D eigenvalue weighted by Crippen LogP contribution is 2.43. The summed E-state index contributed by atoms with van der Waals surface area (Å²) >= 11 is 0. The second-order valence-electron chi connectivity index (χ2n) is 8.66. The Hall–Kier alpha value is -2.73. The average molecular weight is 413 g/mol. The van der Waals surface area contributed by atoms with Crippen molar-refractivity contribution >= 4 is 12.4 Å². The molecule has 1 amide bonds. The Balaban J connectivity index is 1.87. The third kappa shape index (κ3) is 5.05. The molecule has 3 rings (SSSR count). The molecule has 2 aromatic carbocycles. The molecule has 2 aromatic rings. The Morgan fingerprint density at radius 1 is 1.20 bits per heavy atom. The van der Waals surface area contributed by atoms with Gasteiger partial charge in [0.2, 0.25) is 0 Å². The summed E-state index contributed by atoms with van der Waals surface area (Å²) < 4.78 is 25.3. The smallest absolute Gasteiger partial charge is 0.411 e. The lowest BCUT2D eigenvalue weighted by atomic mass is 9.99. The molecule has 1 heterocycles. The van der Waals surface area contributed by atoms with Crippen molar-refractivity contribution < 1.29 is 23.5 Å². The number of nitrogens with zero attached hydrogens (tertiary/aromatic N) is 1. The molecule has 0 aliphatic carbocycles. The Morgan fingerprint density at radius 3 is 2.57 bits per heavy atom. The molecular formula is C24H28FNO4. The van der Waals surface area contributed by atoms with E-state index in [9.17, 15) is 14.0 Å². The van der Waals surface area contributed by atoms with Crippen LogP contribution in [-0.2, 0) is 20.9 Å². The zero-order chi connectivity index (χ0) is 21.8. The summed E-state index contributed by atoms with van der Waals surface area (Å²) in [6, 6.07) is 15.3. The Labute approximate surface area is 176 Å². The van der Waals surface area contributed by atoms with Gasteiger partial charge in [-0.15, -0.1) is 0 Å². The topological polar surface area (TPSA) is 55.8 Å². The summed E-state index contributed by atoms with van der Waals surface area (Å²) in [5.74, 6) is -0.388. The predicted molar refractivity (Wildman–Crippen MR) is 111 cm³/mol. The maximum atomic E-state index is 13.9. The van der Waals surface area contributed by atoms with E-state index in [4.69, 9.17) is 9.47 Å². The van der Waals surface area contributed by atoms with Gasteiger partial charge in [-0.3, -0.25) is 4.90 Å². The zero-order valence-electron chi connectivity index (χ0n) is 17.6. The first-order valence-electron chi connectivity index (χ1n) is 10.1. The molecule has 0 radical (unpaired) electrons. The Bertz CT molecular complexity index is 880. The van der Waals surface area contributed by atoms with E-state index in [0.717, 1.165) is 11.8 Å². The minimum Gasteiger partial charge on any atom is -0.444 e. The van der Waals surface area contributed by atoms with E-state index < -0.39 is 23.3 Å². The first-order valence-corrected chi connectivity index (χ1v) is 10.1. The molecule has 0 saturated carbocycles. The van der Waals surface area contributed by atoms with Gasteiger partial charge in [0.25, 0.3) is 0 Å². The quantitative estimate of drug-likeness (QED) is 0.622. The second kappa shape index (κ2) is 8.96. The third-order valence-electron chi connectivity index (χ3n) is 5.15. The monoisotopic (exact) mass is 413 g/mol. The molecular weight excluding hydrogens is 385 g/mol. The molecule has 6 heteroatoms. The lowest BCUT2D eigenvalue weighted by Crippen LogP contribution is -2.54. The third-order valence-corrected chi connectivity index (χ3v) is 5.15. The second-order valence-corrected chi connectivity index (χ2v) is 8.66. The number of benzene rings is 2. The normalized spacial score (nSPS) is 21.5. The number of likely N-dealkylation sites (tertiary alicyclic amines) is 1. The highest BCUT2D eigenvalue weighted by Gasteiger charge is 2.51. The summed E-state index contributed by atoms with van der Waals surface area (Å²) in [4.78, 5) is 26.9. The molecule has 0 bridgehead atoms. The van der Waals surface area contributed by atoms with Crippen LogP contribution in [0.2, 0.25) is 0 Å². The van der Waals surface area contributed by atoms with Crippen molar-refractivity contribution in [2.24, 2.45) is 0 Å². The van der Waals surface area contributed by atoms with Crippen molar-refractivity contribution in [3.8, 4) is 0 Å². The van der Waals surface area contributed by atoms with Crippen molar-refractivity contribution in [3.63, 3.8) is 0 Å². The van der Waals surface area contributed by atoms with Gasteiger partial charge in [-0.1, -0.05) is 42.5 Å². The van der Waals surface area contributed by atoms with E-state index in [1.165, 1.54) is 17.0 Å². The van der Waals surface area contributed by atoms with Crippen molar-refractivity contribution in [1.29, 1.82) is 0 Å². The highest BCUT2D eigenvalue weighted by molar-refractivity contribution is 5.78. The number of aldehydes is 1. The predicted octanol–water partition coefficient (Wildman–Crippen LogP) is 5.05. The SMILES string of the molecule is CC(C)(C)OC(=O)N1[C@H](c2cccc(F)c2)CC[C@@]1(C=O)COCc1ccccc1. The first-order chi connectivity index (χ1) is 14.2. The zero-order valence-corrected chi connectivity index (χ0v) is 17.6. The largest absolute Gasteiger partial charge is 0.444 e. The summed E-state index contributed by atoms with van der Waals surface area (Å²) in [5.41, 5.74) is -0.297.